The van der Waals surface area contributed by atoms with E-state index in [2.05, 4.69) is 12.1 Å². The van der Waals surface area contributed by atoms with Crippen LogP contribution >= 0.6 is 0 Å². The lowest BCUT2D eigenvalue weighted by Gasteiger charge is -2.34. The van der Waals surface area contributed by atoms with Gasteiger partial charge in [-0.15, -0.1) is 0 Å². The Kier molecular flexibility index (Phi) is 7.96. The number of ether oxygens (including phenoxy) is 2. The van der Waals surface area contributed by atoms with Crippen molar-refractivity contribution in [2.45, 2.75) is 71.1 Å². The lowest BCUT2D eigenvalue weighted by molar-refractivity contribution is -0.129. The van der Waals surface area contributed by atoms with Crippen molar-refractivity contribution < 1.29 is 23.9 Å². The van der Waals surface area contributed by atoms with Crippen molar-refractivity contribution >= 4 is 17.7 Å². The summed E-state index contributed by atoms with van der Waals surface area (Å²) in [5, 5.41) is 0. The number of benzene rings is 1. The van der Waals surface area contributed by atoms with Gasteiger partial charge in [-0.25, -0.2) is 4.79 Å². The van der Waals surface area contributed by atoms with Gasteiger partial charge < -0.3 is 9.47 Å². The monoisotopic (exact) mass is 403 g/mol. The second kappa shape index (κ2) is 10.0. The van der Waals surface area contributed by atoms with Gasteiger partial charge in [-0.1, -0.05) is 37.3 Å². The maximum atomic E-state index is 12.8. The van der Waals surface area contributed by atoms with Crippen molar-refractivity contribution in [1.29, 1.82) is 0 Å². The molecule has 1 saturated heterocycles. The molecule has 0 N–H and O–H groups in total. The third kappa shape index (κ3) is 6.67. The molecule has 3 atom stereocenters. The standard InChI is InChI=1S/C23H33NO5/c1-16(20(26)13-9-12-17-10-7-6-8-11-17)21(28-5)19-14-18(25)15-24(19)22(27)29-23(2,3)4/h6-8,10-11,16,19,21H,9,12-15H2,1-5H3/t16-,19?,21+/m0/s1. The highest BCUT2D eigenvalue weighted by molar-refractivity contribution is 5.89. The smallest absolute Gasteiger partial charge is 0.411 e. The minimum atomic E-state index is -0.658. The maximum Gasteiger partial charge on any atom is 0.411 e. The van der Waals surface area contributed by atoms with Crippen LogP contribution < -0.4 is 0 Å². The van der Waals surface area contributed by atoms with Crippen molar-refractivity contribution in [2.75, 3.05) is 13.7 Å². The summed E-state index contributed by atoms with van der Waals surface area (Å²) in [6, 6.07) is 9.56. The molecule has 1 aromatic carbocycles. The van der Waals surface area contributed by atoms with Crippen LogP contribution in [0.5, 0.6) is 0 Å². The second-order valence-electron chi connectivity index (χ2n) is 8.71. The quantitative estimate of drug-likeness (QED) is 0.660. The van der Waals surface area contributed by atoms with Crippen molar-refractivity contribution in [1.82, 2.24) is 4.90 Å². The molecule has 1 heterocycles. The summed E-state index contributed by atoms with van der Waals surface area (Å²) < 4.78 is 11.1. The Morgan fingerprint density at radius 1 is 1.21 bits per heavy atom. The van der Waals surface area contributed by atoms with Crippen LogP contribution in [0.25, 0.3) is 0 Å². The van der Waals surface area contributed by atoms with E-state index in [-0.39, 0.29) is 24.5 Å². The number of likely N-dealkylation sites (tertiary alicyclic amines) is 1. The fourth-order valence-corrected chi connectivity index (χ4v) is 3.75. The number of aryl methyl sites for hydroxylation is 1. The minimum Gasteiger partial charge on any atom is -0.444 e. The molecule has 1 unspecified atom stereocenters. The Hall–Kier alpha value is -2.21. The molecular formula is C23H33NO5. The van der Waals surface area contributed by atoms with Gasteiger partial charge in [-0.2, -0.15) is 0 Å². The maximum absolute atomic E-state index is 12.8. The van der Waals surface area contributed by atoms with Gasteiger partial charge in [0.1, 0.15) is 11.4 Å². The summed E-state index contributed by atoms with van der Waals surface area (Å²) >= 11 is 0. The Morgan fingerprint density at radius 2 is 1.86 bits per heavy atom. The topological polar surface area (TPSA) is 72.9 Å². The van der Waals surface area contributed by atoms with E-state index in [1.165, 1.54) is 17.6 Å². The van der Waals surface area contributed by atoms with E-state index in [0.29, 0.717) is 6.42 Å². The number of ketones is 2. The summed E-state index contributed by atoms with van der Waals surface area (Å²) in [4.78, 5) is 38.8. The molecule has 1 aliphatic heterocycles. The van der Waals surface area contributed by atoms with E-state index in [9.17, 15) is 14.4 Å². The average molecular weight is 404 g/mol. The first kappa shape index (κ1) is 23.1. The number of methoxy groups -OCH3 is 1. The third-order valence-electron chi connectivity index (χ3n) is 5.20. The summed E-state index contributed by atoms with van der Waals surface area (Å²) in [6.07, 6.45) is 1.12. The van der Waals surface area contributed by atoms with Crippen molar-refractivity contribution in [2.24, 2.45) is 5.92 Å². The van der Waals surface area contributed by atoms with Crippen LogP contribution in [0.4, 0.5) is 4.79 Å². The van der Waals surface area contributed by atoms with Gasteiger partial charge in [-0.05, 0) is 39.2 Å². The number of Topliss-reactive ketones (excluding diaryl/α,β-unsaturated/α-hetero) is 2. The van der Waals surface area contributed by atoms with Gasteiger partial charge in [0.05, 0.1) is 18.7 Å². The highest BCUT2D eigenvalue weighted by Gasteiger charge is 2.44. The molecule has 1 aromatic rings. The van der Waals surface area contributed by atoms with E-state index in [4.69, 9.17) is 9.47 Å². The Morgan fingerprint density at radius 3 is 2.45 bits per heavy atom. The van der Waals surface area contributed by atoms with Gasteiger partial charge in [0.25, 0.3) is 0 Å². The third-order valence-corrected chi connectivity index (χ3v) is 5.20. The normalized spacial score (nSPS) is 19.1. The van der Waals surface area contributed by atoms with E-state index >= 15 is 0 Å². The van der Waals surface area contributed by atoms with Gasteiger partial charge in [0.15, 0.2) is 5.78 Å². The molecule has 0 aliphatic carbocycles. The van der Waals surface area contributed by atoms with E-state index in [1.807, 2.05) is 25.1 Å². The minimum absolute atomic E-state index is 0.00560. The first-order chi connectivity index (χ1) is 13.6. The molecule has 0 bridgehead atoms. The zero-order valence-electron chi connectivity index (χ0n) is 18.1. The Bertz CT molecular complexity index is 710. The molecule has 1 amide bonds. The molecule has 1 aliphatic rings. The summed E-state index contributed by atoms with van der Waals surface area (Å²) in [6.45, 7) is 7.16. The van der Waals surface area contributed by atoms with Gasteiger partial charge in [-0.3, -0.25) is 14.5 Å². The van der Waals surface area contributed by atoms with Crippen molar-refractivity contribution in [3.8, 4) is 0 Å². The van der Waals surface area contributed by atoms with Crippen LogP contribution in [0.2, 0.25) is 0 Å². The highest BCUT2D eigenvalue weighted by Crippen LogP contribution is 2.27. The van der Waals surface area contributed by atoms with Gasteiger partial charge in [0.2, 0.25) is 0 Å². The lowest BCUT2D eigenvalue weighted by atomic mass is 9.89. The first-order valence-electron chi connectivity index (χ1n) is 10.2. The zero-order chi connectivity index (χ0) is 21.6. The predicted octanol–water partition coefficient (Wildman–Crippen LogP) is 3.81. The number of hydrogen-bond donors (Lipinski definition) is 0. The number of rotatable bonds is 8. The molecule has 0 saturated carbocycles. The van der Waals surface area contributed by atoms with Crippen molar-refractivity contribution in [3.05, 3.63) is 35.9 Å². The Balaban J connectivity index is 2.00. The molecule has 160 valence electrons. The van der Waals surface area contributed by atoms with Crippen LogP contribution in [-0.4, -0.2) is 54.0 Å². The molecule has 6 nitrogen and oxygen atoms in total. The fourth-order valence-electron chi connectivity index (χ4n) is 3.75. The van der Waals surface area contributed by atoms with Crippen LogP contribution in [0, 0.1) is 5.92 Å². The fraction of sp³-hybridized carbons (Fsp3) is 0.609. The van der Waals surface area contributed by atoms with Crippen LogP contribution in [0.1, 0.15) is 52.5 Å². The Labute approximate surface area is 173 Å². The van der Waals surface area contributed by atoms with Gasteiger partial charge in [0, 0.05) is 25.9 Å². The number of nitrogens with zero attached hydrogens (tertiary/aromatic N) is 1. The van der Waals surface area contributed by atoms with E-state index < -0.39 is 29.8 Å². The molecule has 0 radical (unpaired) electrons. The van der Waals surface area contributed by atoms with Crippen LogP contribution in [0.3, 0.4) is 0 Å². The van der Waals surface area contributed by atoms with Crippen LogP contribution in [-0.2, 0) is 25.5 Å². The average Bonchev–Trinajstić information content (AvgIpc) is 3.03. The van der Waals surface area contributed by atoms with E-state index in [1.54, 1.807) is 20.8 Å². The number of amides is 1. The van der Waals surface area contributed by atoms with Crippen molar-refractivity contribution in [3.63, 3.8) is 0 Å². The lowest BCUT2D eigenvalue weighted by Crippen LogP contribution is -2.49. The first-order valence-corrected chi connectivity index (χ1v) is 10.2. The number of hydrogen-bond acceptors (Lipinski definition) is 5. The highest BCUT2D eigenvalue weighted by atomic mass is 16.6. The molecule has 0 spiro atoms. The largest absolute Gasteiger partial charge is 0.444 e. The SMILES string of the molecule is CO[C@@H](C1CC(=O)CN1C(=O)OC(C)(C)C)[C@@H](C)C(=O)CCCc1ccccc1. The van der Waals surface area contributed by atoms with Gasteiger partial charge >= 0.3 is 6.09 Å². The zero-order valence-corrected chi connectivity index (χ0v) is 18.1. The number of carbonyl (C=O) groups excluding carboxylic acids is 3. The molecule has 29 heavy (non-hydrogen) atoms. The second-order valence-corrected chi connectivity index (χ2v) is 8.71. The molecular weight excluding hydrogens is 370 g/mol. The molecule has 1 fully saturated rings. The summed E-state index contributed by atoms with van der Waals surface area (Å²) in [5.74, 6) is -0.389. The number of carbonyl (C=O) groups is 3. The van der Waals surface area contributed by atoms with E-state index in [0.717, 1.165) is 12.8 Å². The predicted molar refractivity (Wildman–Crippen MR) is 111 cm³/mol. The molecule has 2 rings (SSSR count). The molecule has 0 aromatic heterocycles. The summed E-state index contributed by atoms with van der Waals surface area (Å²) in [7, 11) is 1.52. The summed E-state index contributed by atoms with van der Waals surface area (Å²) in [5.41, 5.74) is 0.545. The molecule has 6 heteroatoms. The van der Waals surface area contributed by atoms with Crippen LogP contribution in [0.15, 0.2) is 30.3 Å².